The van der Waals surface area contributed by atoms with Crippen molar-refractivity contribution in [1.29, 1.82) is 5.26 Å². The van der Waals surface area contributed by atoms with E-state index >= 15 is 0 Å². The first-order valence-corrected chi connectivity index (χ1v) is 8.61. The summed E-state index contributed by atoms with van der Waals surface area (Å²) in [5, 5.41) is 8.88. The van der Waals surface area contributed by atoms with Crippen molar-refractivity contribution in [1.82, 2.24) is 0 Å². The highest BCUT2D eigenvalue weighted by Gasteiger charge is 2.15. The number of hydrogen-bond donors (Lipinski definition) is 0. The van der Waals surface area contributed by atoms with Gasteiger partial charge in [-0.15, -0.1) is 0 Å². The lowest BCUT2D eigenvalue weighted by atomic mass is 10.2. The van der Waals surface area contributed by atoms with E-state index < -0.39 is 9.73 Å². The second-order valence-electron chi connectivity index (χ2n) is 4.90. The van der Waals surface area contributed by atoms with E-state index in [1.807, 2.05) is 60.7 Å². The van der Waals surface area contributed by atoms with Crippen molar-refractivity contribution < 1.29 is 4.21 Å². The number of nitrogens with zero attached hydrogens (tertiary/aromatic N) is 2. The van der Waals surface area contributed by atoms with E-state index in [1.165, 1.54) is 0 Å². The summed E-state index contributed by atoms with van der Waals surface area (Å²) in [4.78, 5) is 1.33. The molecule has 0 amide bonds. The minimum absolute atomic E-state index is 0.551. The molecule has 0 atom stereocenters. The molecular weight excluding hydrogens is 304 g/mol. The normalized spacial score (nSPS) is 10.7. The molecule has 112 valence electrons. The Balaban J connectivity index is 2.22. The molecule has 0 fully saturated rings. The van der Waals surface area contributed by atoms with Gasteiger partial charge in [-0.1, -0.05) is 36.4 Å². The van der Waals surface area contributed by atoms with Crippen molar-refractivity contribution in [2.45, 2.75) is 9.79 Å². The Labute approximate surface area is 136 Å². The van der Waals surface area contributed by atoms with Gasteiger partial charge in [0.1, 0.15) is 9.73 Å². The van der Waals surface area contributed by atoms with Crippen LogP contribution in [0, 0.1) is 11.3 Å². The van der Waals surface area contributed by atoms with Crippen molar-refractivity contribution in [3.63, 3.8) is 0 Å². The molecule has 0 aliphatic rings. The first-order valence-electron chi connectivity index (χ1n) is 7.10. The maximum absolute atomic E-state index is 13.7. The summed E-state index contributed by atoms with van der Waals surface area (Å²) in [5.41, 5.74) is 1.14. The topological polar surface area (TPSA) is 53.2 Å². The predicted molar refractivity (Wildman–Crippen MR) is 90.8 cm³/mol. The van der Waals surface area contributed by atoms with Gasteiger partial charge in [0.15, 0.2) is 0 Å². The molecule has 3 aromatic rings. The van der Waals surface area contributed by atoms with E-state index in [0.29, 0.717) is 21.0 Å². The van der Waals surface area contributed by atoms with Gasteiger partial charge < -0.3 is 0 Å². The van der Waals surface area contributed by atoms with Crippen LogP contribution in [0.25, 0.3) is 0 Å². The molecule has 0 aromatic heterocycles. The quantitative estimate of drug-likeness (QED) is 0.698. The van der Waals surface area contributed by atoms with Gasteiger partial charge in [-0.3, -0.25) is 0 Å². The summed E-state index contributed by atoms with van der Waals surface area (Å²) in [6, 6.07) is 27.3. The summed E-state index contributed by atoms with van der Waals surface area (Å²) >= 11 is 0. The smallest absolute Gasteiger partial charge is 0.109 e. The number of benzene rings is 3. The second kappa shape index (κ2) is 6.47. The first-order chi connectivity index (χ1) is 11.2. The largest absolute Gasteiger partial charge is 0.239 e. The van der Waals surface area contributed by atoms with Gasteiger partial charge in [0.2, 0.25) is 0 Å². The van der Waals surface area contributed by atoms with Gasteiger partial charge in [0.05, 0.1) is 27.1 Å². The Kier molecular flexibility index (Phi) is 4.22. The average molecular weight is 318 g/mol. The van der Waals surface area contributed by atoms with Crippen LogP contribution < -0.4 is 0 Å². The molecule has 3 nitrogen and oxygen atoms in total. The summed E-state index contributed by atoms with van der Waals surface area (Å²) in [7, 11) is -2.78. The van der Waals surface area contributed by atoms with Gasteiger partial charge in [0, 0.05) is 0 Å². The molecule has 4 heteroatoms. The van der Waals surface area contributed by atoms with E-state index in [9.17, 15) is 4.21 Å². The maximum Gasteiger partial charge on any atom is 0.109 e. The average Bonchev–Trinajstić information content (AvgIpc) is 2.64. The molecule has 0 spiro atoms. The van der Waals surface area contributed by atoms with Crippen LogP contribution in [-0.4, -0.2) is 4.21 Å². The van der Waals surface area contributed by atoms with Gasteiger partial charge in [-0.05, 0) is 48.5 Å². The zero-order valence-corrected chi connectivity index (χ0v) is 13.1. The lowest BCUT2D eigenvalue weighted by Gasteiger charge is -2.11. The van der Waals surface area contributed by atoms with Crippen molar-refractivity contribution >= 4 is 15.4 Å². The fraction of sp³-hybridized carbons (Fsp3) is 0. The molecular formula is C19H14N2OS. The van der Waals surface area contributed by atoms with Crippen molar-refractivity contribution in [3.05, 3.63) is 90.5 Å². The molecule has 3 aromatic carbocycles. The highest BCUT2D eigenvalue weighted by molar-refractivity contribution is 7.93. The Morgan fingerprint density at radius 1 is 0.739 bits per heavy atom. The summed E-state index contributed by atoms with van der Waals surface area (Å²) < 4.78 is 18.2. The summed E-state index contributed by atoms with van der Waals surface area (Å²) in [6.45, 7) is 0. The first kappa shape index (κ1) is 15.0. The molecule has 0 radical (unpaired) electrons. The minimum atomic E-state index is -2.78. The predicted octanol–water partition coefficient (Wildman–Crippen LogP) is 4.78. The van der Waals surface area contributed by atoms with E-state index in [0.717, 1.165) is 0 Å². The molecule has 0 saturated heterocycles. The monoisotopic (exact) mass is 318 g/mol. The fourth-order valence-corrected chi connectivity index (χ4v) is 4.15. The van der Waals surface area contributed by atoms with Crippen LogP contribution in [-0.2, 0) is 9.73 Å². The van der Waals surface area contributed by atoms with Gasteiger partial charge in [-0.25, -0.2) is 4.21 Å². The van der Waals surface area contributed by atoms with Gasteiger partial charge >= 0.3 is 0 Å². The Bertz CT molecular complexity index is 904. The zero-order chi connectivity index (χ0) is 16.1. The Morgan fingerprint density at radius 3 is 1.65 bits per heavy atom. The third kappa shape index (κ3) is 3.15. The third-order valence-corrected chi connectivity index (χ3v) is 5.65. The van der Waals surface area contributed by atoms with Crippen molar-refractivity contribution in [2.24, 2.45) is 4.36 Å². The van der Waals surface area contributed by atoms with E-state index in [4.69, 9.17) is 5.26 Å². The second-order valence-corrected chi connectivity index (χ2v) is 7.08. The summed E-state index contributed by atoms with van der Waals surface area (Å²) in [5.74, 6) is 0. The van der Waals surface area contributed by atoms with E-state index in [-0.39, 0.29) is 0 Å². The summed E-state index contributed by atoms with van der Waals surface area (Å²) in [6.07, 6.45) is 0. The highest BCUT2D eigenvalue weighted by atomic mass is 32.2. The molecule has 0 unspecified atom stereocenters. The van der Waals surface area contributed by atoms with Crippen LogP contribution in [0.1, 0.15) is 5.56 Å². The molecule has 3 rings (SSSR count). The van der Waals surface area contributed by atoms with Crippen LogP contribution >= 0.6 is 0 Å². The number of nitriles is 1. The Hall–Kier alpha value is -2.90. The van der Waals surface area contributed by atoms with Crippen LogP contribution in [0.2, 0.25) is 0 Å². The lowest BCUT2D eigenvalue weighted by molar-refractivity contribution is 0.676. The molecule has 0 aliphatic heterocycles. The van der Waals surface area contributed by atoms with E-state index in [2.05, 4.69) is 10.4 Å². The molecule has 0 N–H and O–H groups in total. The van der Waals surface area contributed by atoms with Crippen molar-refractivity contribution in [3.8, 4) is 6.07 Å². The van der Waals surface area contributed by atoms with Crippen molar-refractivity contribution in [2.75, 3.05) is 0 Å². The minimum Gasteiger partial charge on any atom is -0.239 e. The standard InChI is InChI=1S/C19H14N2OS/c20-15-16-11-13-17(14-12-16)21-23(22,18-7-3-1-4-8-18)19-9-5-2-6-10-19/h1-14H. The van der Waals surface area contributed by atoms with Crippen LogP contribution in [0.4, 0.5) is 5.69 Å². The van der Waals surface area contributed by atoms with Gasteiger partial charge in [0.25, 0.3) is 0 Å². The number of hydrogen-bond acceptors (Lipinski definition) is 3. The SMILES string of the molecule is N#Cc1ccc(N=S(=O)(c2ccccc2)c2ccccc2)cc1. The Morgan fingerprint density at radius 2 is 1.22 bits per heavy atom. The molecule has 0 heterocycles. The number of rotatable bonds is 3. The van der Waals surface area contributed by atoms with E-state index in [1.54, 1.807) is 24.3 Å². The third-order valence-electron chi connectivity index (χ3n) is 3.36. The molecule has 0 saturated carbocycles. The van der Waals surface area contributed by atoms with Crippen LogP contribution in [0.15, 0.2) is 99.1 Å². The fourth-order valence-electron chi connectivity index (χ4n) is 2.20. The lowest BCUT2D eigenvalue weighted by Crippen LogP contribution is -2.01. The molecule has 0 bridgehead atoms. The molecule has 23 heavy (non-hydrogen) atoms. The maximum atomic E-state index is 13.7. The zero-order valence-electron chi connectivity index (χ0n) is 12.3. The van der Waals surface area contributed by atoms with Crippen LogP contribution in [0.3, 0.4) is 0 Å². The molecule has 0 aliphatic carbocycles. The van der Waals surface area contributed by atoms with Crippen LogP contribution in [0.5, 0.6) is 0 Å². The van der Waals surface area contributed by atoms with Gasteiger partial charge in [-0.2, -0.15) is 9.62 Å². The highest BCUT2D eigenvalue weighted by Crippen LogP contribution is 2.27.